The van der Waals surface area contributed by atoms with E-state index >= 15 is 0 Å². The van der Waals surface area contributed by atoms with Gasteiger partial charge in [-0.3, -0.25) is 4.79 Å². The second-order valence-corrected chi connectivity index (χ2v) is 5.30. The lowest BCUT2D eigenvalue weighted by Crippen LogP contribution is -2.14. The van der Waals surface area contributed by atoms with E-state index in [1.54, 1.807) is 11.3 Å². The summed E-state index contributed by atoms with van der Waals surface area (Å²) in [5, 5.41) is 0.858. The van der Waals surface area contributed by atoms with Gasteiger partial charge in [0.25, 0.3) is 0 Å². The van der Waals surface area contributed by atoms with Crippen molar-refractivity contribution in [3.8, 4) is 0 Å². The molecule has 1 aromatic heterocycles. The topological polar surface area (TPSA) is 39.2 Å². The van der Waals surface area contributed by atoms with Crippen LogP contribution in [0.1, 0.15) is 36.8 Å². The van der Waals surface area contributed by atoms with Crippen LogP contribution in [-0.4, -0.2) is 17.6 Å². The van der Waals surface area contributed by atoms with Crippen LogP contribution >= 0.6 is 11.3 Å². The minimum atomic E-state index is -0.234. The Bertz CT molecular complexity index is 562. The summed E-state index contributed by atoms with van der Waals surface area (Å²) in [4.78, 5) is 16.4. The minimum Gasteiger partial charge on any atom is -0.465 e. The maximum Gasteiger partial charge on any atom is 0.315 e. The number of nitrogens with zero attached hydrogens (tertiary/aromatic N) is 1. The molecule has 1 aromatic carbocycles. The Kier molecular flexibility index (Phi) is 3.97. The quantitative estimate of drug-likeness (QED) is 0.790. The summed E-state index contributed by atoms with van der Waals surface area (Å²) in [6, 6.07) is 6.17. The van der Waals surface area contributed by atoms with Crippen LogP contribution in [0.3, 0.4) is 0 Å². The SMILES string of the molecule is CCOC(=O)C(CC)c1nc2cc(C)ccc2s1. The normalized spacial score (nSPS) is 12.6. The molecule has 0 radical (unpaired) electrons. The summed E-state index contributed by atoms with van der Waals surface area (Å²) >= 11 is 1.58. The van der Waals surface area contributed by atoms with Crippen molar-refractivity contribution in [2.24, 2.45) is 0 Å². The van der Waals surface area contributed by atoms with Crippen molar-refractivity contribution in [2.75, 3.05) is 6.61 Å². The molecule has 96 valence electrons. The number of carbonyl (C=O) groups is 1. The monoisotopic (exact) mass is 263 g/mol. The molecule has 1 heterocycles. The number of thiazole rings is 1. The van der Waals surface area contributed by atoms with Crippen LogP contribution in [0.5, 0.6) is 0 Å². The molecule has 0 aliphatic carbocycles. The van der Waals surface area contributed by atoms with Crippen molar-refractivity contribution in [1.29, 1.82) is 0 Å². The number of rotatable bonds is 4. The van der Waals surface area contributed by atoms with Crippen LogP contribution in [0.4, 0.5) is 0 Å². The number of fused-ring (bicyclic) bond motifs is 1. The molecule has 0 saturated carbocycles. The molecule has 2 rings (SSSR count). The zero-order valence-corrected chi connectivity index (χ0v) is 11.7. The largest absolute Gasteiger partial charge is 0.465 e. The van der Waals surface area contributed by atoms with Crippen LogP contribution in [0.25, 0.3) is 10.2 Å². The van der Waals surface area contributed by atoms with Gasteiger partial charge in [0.15, 0.2) is 0 Å². The van der Waals surface area contributed by atoms with Crippen molar-refractivity contribution < 1.29 is 9.53 Å². The van der Waals surface area contributed by atoms with Gasteiger partial charge >= 0.3 is 5.97 Å². The van der Waals surface area contributed by atoms with Crippen molar-refractivity contribution in [3.05, 3.63) is 28.8 Å². The molecule has 0 aliphatic heterocycles. The lowest BCUT2D eigenvalue weighted by molar-refractivity contribution is -0.145. The van der Waals surface area contributed by atoms with Gasteiger partial charge in [-0.15, -0.1) is 11.3 Å². The molecule has 2 aromatic rings. The number of hydrogen-bond donors (Lipinski definition) is 0. The van der Waals surface area contributed by atoms with E-state index in [9.17, 15) is 4.79 Å². The zero-order valence-electron chi connectivity index (χ0n) is 10.9. The van der Waals surface area contributed by atoms with Gasteiger partial charge in [-0.25, -0.2) is 4.98 Å². The molecule has 0 aliphatic rings. The number of benzene rings is 1. The third-order valence-corrected chi connectivity index (χ3v) is 3.99. The van der Waals surface area contributed by atoms with Gasteiger partial charge in [0.1, 0.15) is 10.9 Å². The molecule has 0 bridgehead atoms. The number of carbonyl (C=O) groups excluding carboxylic acids is 1. The highest BCUT2D eigenvalue weighted by Crippen LogP contribution is 2.30. The van der Waals surface area contributed by atoms with Gasteiger partial charge in [-0.1, -0.05) is 13.0 Å². The Morgan fingerprint density at radius 2 is 2.22 bits per heavy atom. The van der Waals surface area contributed by atoms with E-state index in [1.165, 1.54) is 5.56 Å². The summed E-state index contributed by atoms with van der Waals surface area (Å²) in [7, 11) is 0. The van der Waals surface area contributed by atoms with E-state index in [0.29, 0.717) is 6.61 Å². The van der Waals surface area contributed by atoms with Gasteiger partial charge in [0, 0.05) is 0 Å². The summed E-state index contributed by atoms with van der Waals surface area (Å²) in [5.41, 5.74) is 2.15. The molecule has 4 heteroatoms. The first kappa shape index (κ1) is 13.0. The standard InChI is InChI=1S/C14H17NO2S/c1-4-10(14(16)17-5-2)13-15-11-8-9(3)6-7-12(11)18-13/h6-8,10H,4-5H2,1-3H3. The first-order valence-electron chi connectivity index (χ1n) is 6.19. The summed E-state index contributed by atoms with van der Waals surface area (Å²) in [6.07, 6.45) is 0.720. The Labute approximate surface area is 111 Å². The van der Waals surface area contributed by atoms with E-state index in [2.05, 4.69) is 17.1 Å². The molecule has 0 spiro atoms. The van der Waals surface area contributed by atoms with E-state index in [1.807, 2.05) is 26.8 Å². The lowest BCUT2D eigenvalue weighted by atomic mass is 10.1. The zero-order chi connectivity index (χ0) is 13.1. The third kappa shape index (κ3) is 2.53. The molecular weight excluding hydrogens is 246 g/mol. The highest BCUT2D eigenvalue weighted by molar-refractivity contribution is 7.18. The highest BCUT2D eigenvalue weighted by Gasteiger charge is 2.23. The molecular formula is C14H17NO2S. The van der Waals surface area contributed by atoms with E-state index < -0.39 is 0 Å². The second-order valence-electron chi connectivity index (χ2n) is 4.24. The number of esters is 1. The molecule has 1 atom stereocenters. The predicted octanol–water partition coefficient (Wildman–Crippen LogP) is 3.66. The number of aromatic nitrogens is 1. The van der Waals surface area contributed by atoms with Gasteiger partial charge in [-0.05, 0) is 38.0 Å². The third-order valence-electron chi connectivity index (χ3n) is 2.84. The maximum atomic E-state index is 11.9. The van der Waals surface area contributed by atoms with Gasteiger partial charge in [0.05, 0.1) is 16.8 Å². The smallest absolute Gasteiger partial charge is 0.315 e. The molecule has 0 N–H and O–H groups in total. The van der Waals surface area contributed by atoms with Crippen LogP contribution < -0.4 is 0 Å². The van der Waals surface area contributed by atoms with E-state index in [-0.39, 0.29) is 11.9 Å². The molecule has 18 heavy (non-hydrogen) atoms. The van der Waals surface area contributed by atoms with E-state index in [4.69, 9.17) is 4.74 Å². The fourth-order valence-corrected chi connectivity index (χ4v) is 3.01. The molecule has 3 nitrogen and oxygen atoms in total. The lowest BCUT2D eigenvalue weighted by Gasteiger charge is -2.09. The number of ether oxygens (including phenoxy) is 1. The number of hydrogen-bond acceptors (Lipinski definition) is 4. The Morgan fingerprint density at radius 3 is 2.89 bits per heavy atom. The van der Waals surface area contributed by atoms with Crippen molar-refractivity contribution in [2.45, 2.75) is 33.1 Å². The predicted molar refractivity (Wildman–Crippen MR) is 74.0 cm³/mol. The Balaban J connectivity index is 2.36. The van der Waals surface area contributed by atoms with Gasteiger partial charge < -0.3 is 4.74 Å². The van der Waals surface area contributed by atoms with Crippen LogP contribution in [0, 0.1) is 6.92 Å². The molecule has 1 unspecified atom stereocenters. The average molecular weight is 263 g/mol. The summed E-state index contributed by atoms with van der Waals surface area (Å²) < 4.78 is 6.22. The maximum absolute atomic E-state index is 11.9. The second kappa shape index (κ2) is 5.48. The van der Waals surface area contributed by atoms with Crippen LogP contribution in [0.2, 0.25) is 0 Å². The van der Waals surface area contributed by atoms with Gasteiger partial charge in [0.2, 0.25) is 0 Å². The van der Waals surface area contributed by atoms with E-state index in [0.717, 1.165) is 21.6 Å². The fraction of sp³-hybridized carbons (Fsp3) is 0.429. The average Bonchev–Trinajstić information content (AvgIpc) is 2.72. The highest BCUT2D eigenvalue weighted by atomic mass is 32.1. The van der Waals surface area contributed by atoms with Crippen molar-refractivity contribution >= 4 is 27.5 Å². The number of aryl methyl sites for hydroxylation is 1. The van der Waals surface area contributed by atoms with Crippen molar-refractivity contribution in [3.63, 3.8) is 0 Å². The summed E-state index contributed by atoms with van der Waals surface area (Å²) in [5.74, 6) is -0.404. The van der Waals surface area contributed by atoms with Crippen molar-refractivity contribution in [1.82, 2.24) is 4.98 Å². The first-order valence-corrected chi connectivity index (χ1v) is 7.01. The Morgan fingerprint density at radius 1 is 1.44 bits per heavy atom. The molecule has 0 fully saturated rings. The molecule has 0 saturated heterocycles. The molecule has 0 amide bonds. The summed E-state index contributed by atoms with van der Waals surface area (Å²) in [6.45, 7) is 6.27. The first-order chi connectivity index (χ1) is 8.65. The fourth-order valence-electron chi connectivity index (χ4n) is 1.89. The Hall–Kier alpha value is -1.42. The minimum absolute atomic E-state index is 0.171. The van der Waals surface area contributed by atoms with Crippen LogP contribution in [0.15, 0.2) is 18.2 Å². The van der Waals surface area contributed by atoms with Gasteiger partial charge in [-0.2, -0.15) is 0 Å². The van der Waals surface area contributed by atoms with Crippen LogP contribution in [-0.2, 0) is 9.53 Å².